The van der Waals surface area contributed by atoms with Crippen molar-refractivity contribution in [1.82, 2.24) is 15.1 Å². The number of nitrogens with one attached hydrogen (secondary N) is 2. The summed E-state index contributed by atoms with van der Waals surface area (Å²) < 4.78 is 1.69. The zero-order valence-corrected chi connectivity index (χ0v) is 12.6. The first-order valence-corrected chi connectivity index (χ1v) is 7.10. The molecule has 1 aromatic heterocycles. The number of carbonyl (C=O) groups excluding carboxylic acids is 2. The quantitative estimate of drug-likeness (QED) is 0.888. The van der Waals surface area contributed by atoms with Crippen LogP contribution in [0.4, 0.5) is 16.4 Å². The molecule has 3 rings (SSSR count). The Labute approximate surface area is 131 Å². The number of carbonyl (C=O) groups is 2. The molecule has 7 nitrogen and oxygen atoms in total. The maximum Gasteiger partial charge on any atom is 0.320 e. The third-order valence-electron chi connectivity index (χ3n) is 3.36. The molecule has 0 aliphatic carbocycles. The van der Waals surface area contributed by atoms with E-state index in [9.17, 15) is 9.59 Å². The molecule has 0 bridgehead atoms. The first-order chi connectivity index (χ1) is 10.6. The van der Waals surface area contributed by atoms with Crippen LogP contribution in [0.2, 0.25) is 5.02 Å². The van der Waals surface area contributed by atoms with Crippen molar-refractivity contribution in [2.24, 2.45) is 0 Å². The van der Waals surface area contributed by atoms with E-state index in [1.165, 1.54) is 7.05 Å². The van der Waals surface area contributed by atoms with Gasteiger partial charge in [0, 0.05) is 30.2 Å². The van der Waals surface area contributed by atoms with Crippen LogP contribution in [0.5, 0.6) is 0 Å². The Morgan fingerprint density at radius 2 is 2.09 bits per heavy atom. The summed E-state index contributed by atoms with van der Waals surface area (Å²) in [6, 6.07) is 8.12. The van der Waals surface area contributed by atoms with Gasteiger partial charge < -0.3 is 5.32 Å². The number of aromatic nitrogens is 2. The fourth-order valence-electron chi connectivity index (χ4n) is 2.32. The van der Waals surface area contributed by atoms with Crippen molar-refractivity contribution in [3.05, 3.63) is 40.9 Å². The topological polar surface area (TPSA) is 79.3 Å². The average molecular weight is 320 g/mol. The van der Waals surface area contributed by atoms with Crippen LogP contribution in [0.3, 0.4) is 0 Å². The highest BCUT2D eigenvalue weighted by atomic mass is 35.5. The molecule has 8 heteroatoms. The van der Waals surface area contributed by atoms with Gasteiger partial charge >= 0.3 is 6.03 Å². The Balaban J connectivity index is 1.84. The molecule has 1 aromatic carbocycles. The van der Waals surface area contributed by atoms with Crippen LogP contribution in [0.1, 0.15) is 10.4 Å². The summed E-state index contributed by atoms with van der Waals surface area (Å²) in [5.41, 5.74) is 0.517. The Morgan fingerprint density at radius 1 is 1.27 bits per heavy atom. The summed E-state index contributed by atoms with van der Waals surface area (Å²) in [4.78, 5) is 25.5. The molecule has 0 fully saturated rings. The van der Waals surface area contributed by atoms with Crippen LogP contribution in [-0.2, 0) is 6.54 Å². The van der Waals surface area contributed by atoms with Crippen molar-refractivity contribution < 1.29 is 9.59 Å². The molecule has 2 aromatic rings. The van der Waals surface area contributed by atoms with Crippen LogP contribution < -0.4 is 15.5 Å². The van der Waals surface area contributed by atoms with E-state index in [2.05, 4.69) is 15.7 Å². The van der Waals surface area contributed by atoms with Crippen molar-refractivity contribution in [3.63, 3.8) is 0 Å². The number of benzene rings is 1. The van der Waals surface area contributed by atoms with Gasteiger partial charge in [0.15, 0.2) is 5.82 Å². The number of urea groups is 1. The second-order valence-electron chi connectivity index (χ2n) is 4.78. The first kappa shape index (κ1) is 14.4. The van der Waals surface area contributed by atoms with E-state index in [1.54, 1.807) is 39.9 Å². The number of hydrogen-bond acceptors (Lipinski definition) is 3. The van der Waals surface area contributed by atoms with Gasteiger partial charge in [0.1, 0.15) is 5.82 Å². The second-order valence-corrected chi connectivity index (χ2v) is 5.22. The van der Waals surface area contributed by atoms with Crippen molar-refractivity contribution in [2.75, 3.05) is 23.8 Å². The Bertz CT molecular complexity index is 743. The SMILES string of the molecule is CNC(=O)Nc1cc2n(n1)CCN2C(=O)c1cccc(Cl)c1. The second kappa shape index (κ2) is 5.69. The lowest BCUT2D eigenvalue weighted by Crippen LogP contribution is -2.29. The molecule has 0 spiro atoms. The van der Waals surface area contributed by atoms with E-state index >= 15 is 0 Å². The molecule has 0 saturated carbocycles. The third kappa shape index (κ3) is 2.62. The third-order valence-corrected chi connectivity index (χ3v) is 3.59. The van der Waals surface area contributed by atoms with Gasteiger partial charge in [-0.3, -0.25) is 15.0 Å². The molecular weight excluding hydrogens is 306 g/mol. The van der Waals surface area contributed by atoms with Crippen LogP contribution in [0, 0.1) is 0 Å². The smallest absolute Gasteiger partial charge is 0.320 e. The number of halogens is 1. The van der Waals surface area contributed by atoms with Crippen LogP contribution in [0.25, 0.3) is 0 Å². The standard InChI is InChI=1S/C14H14ClN5O2/c1-16-14(22)17-11-8-12-19(5-6-20(12)18-11)13(21)9-3-2-4-10(15)7-9/h2-4,7-8H,5-6H2,1H3,(H2,16,17,18,22). The largest absolute Gasteiger partial charge is 0.341 e. The molecule has 0 unspecified atom stereocenters. The lowest BCUT2D eigenvalue weighted by molar-refractivity contribution is 0.0989. The number of nitrogens with zero attached hydrogens (tertiary/aromatic N) is 3. The highest BCUT2D eigenvalue weighted by Gasteiger charge is 2.28. The number of fused-ring (bicyclic) bond motifs is 1. The summed E-state index contributed by atoms with van der Waals surface area (Å²) >= 11 is 5.93. The van der Waals surface area contributed by atoms with Crippen LogP contribution in [-0.4, -0.2) is 35.3 Å². The van der Waals surface area contributed by atoms with E-state index in [4.69, 9.17) is 11.6 Å². The molecule has 22 heavy (non-hydrogen) atoms. The number of hydrogen-bond donors (Lipinski definition) is 2. The van der Waals surface area contributed by atoms with Crippen molar-refractivity contribution in [3.8, 4) is 0 Å². The molecule has 1 aliphatic heterocycles. The summed E-state index contributed by atoms with van der Waals surface area (Å²) in [7, 11) is 1.52. The van der Waals surface area contributed by atoms with Gasteiger partial charge in [-0.2, -0.15) is 5.10 Å². The van der Waals surface area contributed by atoms with Gasteiger partial charge in [-0.05, 0) is 18.2 Å². The molecule has 0 saturated heterocycles. The molecule has 114 valence electrons. The summed E-state index contributed by atoms with van der Waals surface area (Å²) in [5, 5.41) is 9.80. The monoisotopic (exact) mass is 319 g/mol. The zero-order chi connectivity index (χ0) is 15.7. The highest BCUT2D eigenvalue weighted by Crippen LogP contribution is 2.26. The fourth-order valence-corrected chi connectivity index (χ4v) is 2.51. The van der Waals surface area contributed by atoms with Gasteiger partial charge in [-0.15, -0.1) is 0 Å². The minimum absolute atomic E-state index is 0.146. The highest BCUT2D eigenvalue weighted by molar-refractivity contribution is 6.31. The van der Waals surface area contributed by atoms with Gasteiger partial charge in [0.25, 0.3) is 5.91 Å². The number of amides is 3. The van der Waals surface area contributed by atoms with Gasteiger partial charge in [0.05, 0.1) is 6.54 Å². The first-order valence-electron chi connectivity index (χ1n) is 6.72. The van der Waals surface area contributed by atoms with Gasteiger partial charge in [-0.25, -0.2) is 9.48 Å². The normalized spacial score (nSPS) is 12.9. The van der Waals surface area contributed by atoms with Crippen LogP contribution in [0.15, 0.2) is 30.3 Å². The molecule has 1 aliphatic rings. The molecule has 0 atom stereocenters. The Kier molecular flexibility index (Phi) is 3.72. The minimum Gasteiger partial charge on any atom is -0.341 e. The molecule has 2 N–H and O–H groups in total. The summed E-state index contributed by atoms with van der Waals surface area (Å²) in [6.45, 7) is 1.12. The van der Waals surface area contributed by atoms with E-state index < -0.39 is 0 Å². The predicted molar refractivity (Wildman–Crippen MR) is 83.4 cm³/mol. The zero-order valence-electron chi connectivity index (χ0n) is 11.8. The van der Waals surface area contributed by atoms with Crippen molar-refractivity contribution in [2.45, 2.75) is 6.54 Å². The lowest BCUT2D eigenvalue weighted by Gasteiger charge is -2.14. The maximum atomic E-state index is 12.6. The summed E-state index contributed by atoms with van der Waals surface area (Å²) in [5.74, 6) is 0.905. The number of anilines is 2. The van der Waals surface area contributed by atoms with E-state index in [0.29, 0.717) is 35.3 Å². The van der Waals surface area contributed by atoms with Gasteiger partial charge in [0.2, 0.25) is 0 Å². The molecular formula is C14H14ClN5O2. The maximum absolute atomic E-state index is 12.6. The fraction of sp³-hybridized carbons (Fsp3) is 0.214. The van der Waals surface area contributed by atoms with Crippen LogP contribution >= 0.6 is 11.6 Å². The van der Waals surface area contributed by atoms with Gasteiger partial charge in [-0.1, -0.05) is 17.7 Å². The molecule has 2 heterocycles. The molecule has 0 radical (unpaired) electrons. The Hall–Kier alpha value is -2.54. The van der Waals surface area contributed by atoms with E-state index in [0.717, 1.165) is 0 Å². The number of rotatable bonds is 2. The van der Waals surface area contributed by atoms with E-state index in [-0.39, 0.29) is 11.9 Å². The predicted octanol–water partition coefficient (Wildman–Crippen LogP) is 1.95. The van der Waals surface area contributed by atoms with Crippen molar-refractivity contribution in [1.29, 1.82) is 0 Å². The average Bonchev–Trinajstić information content (AvgIpc) is 3.06. The van der Waals surface area contributed by atoms with Crippen molar-refractivity contribution >= 4 is 35.2 Å². The van der Waals surface area contributed by atoms with E-state index in [1.807, 2.05) is 0 Å². The summed E-state index contributed by atoms with van der Waals surface area (Å²) in [6.07, 6.45) is 0. The minimum atomic E-state index is -0.357. The molecule has 3 amide bonds. The lowest BCUT2D eigenvalue weighted by atomic mass is 10.2. The Morgan fingerprint density at radius 3 is 2.82 bits per heavy atom.